The van der Waals surface area contributed by atoms with Crippen LogP contribution in [0.1, 0.15) is 83.6 Å². The summed E-state index contributed by atoms with van der Waals surface area (Å²) in [5.41, 5.74) is 1.16. The van der Waals surface area contributed by atoms with Crippen molar-refractivity contribution in [1.82, 2.24) is 0 Å². The highest BCUT2D eigenvalue weighted by Gasteiger charge is 2.18. The number of rotatable bonds is 10. The Morgan fingerprint density at radius 1 is 0.893 bits per heavy atom. The smallest absolute Gasteiger partial charge is 0.119 e. The monoisotopic (exact) mass is 378 g/mol. The van der Waals surface area contributed by atoms with Gasteiger partial charge in [-0.3, -0.25) is 0 Å². The van der Waals surface area contributed by atoms with Crippen LogP contribution in [0.15, 0.2) is 42.5 Å². The Hall–Kier alpha value is -1.94. The van der Waals surface area contributed by atoms with E-state index in [1.807, 2.05) is 18.2 Å². The molecular weight excluding hydrogens is 340 g/mol. The quantitative estimate of drug-likeness (QED) is 0.298. The Bertz CT molecular complexity index is 633. The minimum Gasteiger partial charge on any atom is -0.494 e. The molecule has 1 aromatic rings. The lowest BCUT2D eigenvalue weighted by atomic mass is 9.79. The molecule has 1 aromatic carbocycles. The van der Waals surface area contributed by atoms with Gasteiger partial charge in [-0.2, -0.15) is 0 Å². The minimum absolute atomic E-state index is 0.737. The molecule has 0 atom stereocenters. The molecule has 28 heavy (non-hydrogen) atoms. The Balaban J connectivity index is 1.66. The molecule has 1 fully saturated rings. The molecule has 0 heterocycles. The van der Waals surface area contributed by atoms with Crippen molar-refractivity contribution in [2.75, 3.05) is 6.61 Å². The average Bonchev–Trinajstić information content (AvgIpc) is 2.73. The van der Waals surface area contributed by atoms with E-state index in [0.29, 0.717) is 0 Å². The summed E-state index contributed by atoms with van der Waals surface area (Å²) in [7, 11) is 0. The molecule has 1 aliphatic carbocycles. The van der Waals surface area contributed by atoms with Crippen LogP contribution in [-0.4, -0.2) is 6.61 Å². The third-order valence-electron chi connectivity index (χ3n) is 5.65. The molecule has 152 valence electrons. The third kappa shape index (κ3) is 9.32. The number of hydrogen-bond donors (Lipinski definition) is 0. The Morgan fingerprint density at radius 2 is 1.61 bits per heavy atom. The summed E-state index contributed by atoms with van der Waals surface area (Å²) in [5, 5.41) is 0. The molecule has 0 bridgehead atoms. The van der Waals surface area contributed by atoms with Crippen molar-refractivity contribution in [3.63, 3.8) is 0 Å². The lowest BCUT2D eigenvalue weighted by Gasteiger charge is -2.26. The van der Waals surface area contributed by atoms with E-state index in [-0.39, 0.29) is 0 Å². The molecule has 0 N–H and O–H groups in total. The first kappa shape index (κ1) is 22.4. The van der Waals surface area contributed by atoms with E-state index in [0.717, 1.165) is 42.6 Å². The lowest BCUT2D eigenvalue weighted by molar-refractivity contribution is 0.289. The maximum Gasteiger partial charge on any atom is 0.119 e. The topological polar surface area (TPSA) is 9.23 Å². The highest BCUT2D eigenvalue weighted by Crippen LogP contribution is 2.32. The van der Waals surface area contributed by atoms with Crippen LogP contribution >= 0.6 is 0 Å². The molecule has 1 saturated carbocycles. The van der Waals surface area contributed by atoms with E-state index < -0.39 is 0 Å². The second-order valence-electron chi connectivity index (χ2n) is 8.03. The van der Waals surface area contributed by atoms with Gasteiger partial charge in [-0.25, -0.2) is 0 Å². The predicted octanol–water partition coefficient (Wildman–Crippen LogP) is 7.83. The van der Waals surface area contributed by atoms with E-state index in [4.69, 9.17) is 4.74 Å². The van der Waals surface area contributed by atoms with Gasteiger partial charge in [0.15, 0.2) is 0 Å². The first-order chi connectivity index (χ1) is 13.8. The van der Waals surface area contributed by atoms with Crippen LogP contribution in [0.3, 0.4) is 0 Å². The summed E-state index contributed by atoms with van der Waals surface area (Å²) < 4.78 is 5.69. The summed E-state index contributed by atoms with van der Waals surface area (Å²) in [6.45, 7) is 5.26. The van der Waals surface area contributed by atoms with Gasteiger partial charge in [-0.1, -0.05) is 76.0 Å². The molecule has 1 heteroatoms. The normalized spacial score (nSPS) is 19.6. The van der Waals surface area contributed by atoms with E-state index in [1.165, 1.54) is 51.4 Å². The predicted molar refractivity (Wildman–Crippen MR) is 122 cm³/mol. The molecule has 0 aliphatic heterocycles. The molecule has 0 saturated heterocycles. The maximum atomic E-state index is 5.69. The Morgan fingerprint density at radius 3 is 2.32 bits per heavy atom. The molecule has 0 unspecified atom stereocenters. The van der Waals surface area contributed by atoms with Gasteiger partial charge in [-0.15, -0.1) is 0 Å². The average molecular weight is 379 g/mol. The maximum absolute atomic E-state index is 5.69. The third-order valence-corrected chi connectivity index (χ3v) is 5.65. The van der Waals surface area contributed by atoms with Gasteiger partial charge >= 0.3 is 0 Å². The number of allylic oxidation sites excluding steroid dienone is 3. The number of hydrogen-bond acceptors (Lipinski definition) is 1. The summed E-state index contributed by atoms with van der Waals surface area (Å²) in [4.78, 5) is 0. The standard InChI is InChI=1S/C27H38O/c1-3-5-9-12-24-15-17-25(18-16-24)13-10-7-8-11-14-26-19-21-27(22-20-26)28-23-6-4-2/h10-11,13-14,19-22,24-25H,3-6,9,12,15-18,23H2,1-2H3/b13-10+,14-11+. The van der Waals surface area contributed by atoms with E-state index in [2.05, 4.69) is 56.0 Å². The zero-order valence-corrected chi connectivity index (χ0v) is 18.0. The fourth-order valence-corrected chi connectivity index (χ4v) is 3.78. The summed E-state index contributed by atoms with van der Waals surface area (Å²) >= 11 is 0. The van der Waals surface area contributed by atoms with Crippen LogP contribution in [0.5, 0.6) is 5.75 Å². The van der Waals surface area contributed by atoms with Crippen molar-refractivity contribution in [2.45, 2.75) is 78.1 Å². The second kappa shape index (κ2) is 14.1. The fraction of sp³-hybridized carbons (Fsp3) is 0.556. The van der Waals surface area contributed by atoms with Gasteiger partial charge in [-0.05, 0) is 79.9 Å². The zero-order valence-electron chi connectivity index (χ0n) is 18.0. The minimum atomic E-state index is 0.737. The highest BCUT2D eigenvalue weighted by molar-refractivity contribution is 5.54. The molecule has 0 amide bonds. The molecule has 0 spiro atoms. The largest absolute Gasteiger partial charge is 0.494 e. The number of unbranched alkanes of at least 4 members (excludes halogenated alkanes) is 3. The van der Waals surface area contributed by atoms with Crippen LogP contribution < -0.4 is 4.74 Å². The number of ether oxygens (including phenoxy) is 1. The van der Waals surface area contributed by atoms with Crippen LogP contribution in [0.2, 0.25) is 0 Å². The van der Waals surface area contributed by atoms with Crippen LogP contribution in [0.4, 0.5) is 0 Å². The van der Waals surface area contributed by atoms with Crippen LogP contribution in [-0.2, 0) is 0 Å². The van der Waals surface area contributed by atoms with E-state index in [9.17, 15) is 0 Å². The lowest BCUT2D eigenvalue weighted by Crippen LogP contribution is -2.12. The van der Waals surface area contributed by atoms with Gasteiger partial charge in [0, 0.05) is 0 Å². The van der Waals surface area contributed by atoms with E-state index in [1.54, 1.807) is 0 Å². The van der Waals surface area contributed by atoms with Crippen LogP contribution in [0.25, 0.3) is 6.08 Å². The number of benzene rings is 1. The summed E-state index contributed by atoms with van der Waals surface area (Å²) in [5.74, 6) is 8.95. The Labute approximate surface area is 173 Å². The SMILES string of the molecule is CCCCCC1CCC(/C=C/C#C/C=C/c2ccc(OCCCC)cc2)CC1. The van der Waals surface area contributed by atoms with Crippen molar-refractivity contribution < 1.29 is 4.74 Å². The fourth-order valence-electron chi connectivity index (χ4n) is 3.78. The molecule has 0 aromatic heterocycles. The first-order valence-electron chi connectivity index (χ1n) is 11.4. The van der Waals surface area contributed by atoms with E-state index >= 15 is 0 Å². The Kier molecular flexibility index (Phi) is 11.3. The molecule has 1 nitrogen and oxygen atoms in total. The zero-order chi connectivity index (χ0) is 19.9. The first-order valence-corrected chi connectivity index (χ1v) is 11.4. The van der Waals surface area contributed by atoms with Crippen molar-refractivity contribution in [3.8, 4) is 17.6 Å². The molecule has 2 rings (SSSR count). The van der Waals surface area contributed by atoms with Crippen molar-refractivity contribution in [2.24, 2.45) is 11.8 Å². The van der Waals surface area contributed by atoms with Gasteiger partial charge in [0.2, 0.25) is 0 Å². The molecule has 1 aliphatic rings. The van der Waals surface area contributed by atoms with Crippen molar-refractivity contribution >= 4 is 6.08 Å². The van der Waals surface area contributed by atoms with Crippen molar-refractivity contribution in [1.29, 1.82) is 0 Å². The van der Waals surface area contributed by atoms with Crippen molar-refractivity contribution in [3.05, 3.63) is 48.1 Å². The van der Waals surface area contributed by atoms with Gasteiger partial charge in [0.1, 0.15) is 5.75 Å². The van der Waals surface area contributed by atoms with Gasteiger partial charge < -0.3 is 4.74 Å². The summed E-state index contributed by atoms with van der Waals surface area (Å²) in [6, 6.07) is 8.21. The van der Waals surface area contributed by atoms with Gasteiger partial charge in [0.25, 0.3) is 0 Å². The molecule has 0 radical (unpaired) electrons. The second-order valence-corrected chi connectivity index (χ2v) is 8.03. The highest BCUT2D eigenvalue weighted by atomic mass is 16.5. The summed E-state index contributed by atoms with van der Waals surface area (Å²) in [6.07, 6.45) is 21.7. The van der Waals surface area contributed by atoms with Crippen LogP contribution in [0, 0.1) is 23.7 Å². The molecular formula is C27H38O. The van der Waals surface area contributed by atoms with Gasteiger partial charge in [0.05, 0.1) is 6.61 Å².